The van der Waals surface area contributed by atoms with Gasteiger partial charge in [-0.15, -0.1) is 0 Å². The minimum atomic E-state index is -3.49. The van der Waals surface area contributed by atoms with E-state index in [2.05, 4.69) is 17.6 Å². The van der Waals surface area contributed by atoms with Crippen LogP contribution in [0.15, 0.2) is 48.5 Å². The first-order chi connectivity index (χ1) is 15.9. The molecule has 1 aliphatic rings. The summed E-state index contributed by atoms with van der Waals surface area (Å²) in [6.07, 6.45) is 2.04. The number of rotatable bonds is 10. The van der Waals surface area contributed by atoms with Gasteiger partial charge < -0.3 is 20.3 Å². The van der Waals surface area contributed by atoms with Crippen LogP contribution in [0.5, 0.6) is 5.75 Å². The van der Waals surface area contributed by atoms with E-state index in [1.165, 1.54) is 16.4 Å². The highest BCUT2D eigenvalue weighted by Gasteiger charge is 2.26. The van der Waals surface area contributed by atoms with Crippen molar-refractivity contribution < 1.29 is 22.3 Å². The van der Waals surface area contributed by atoms with Crippen LogP contribution < -0.4 is 20.3 Å². The molecule has 8 nitrogen and oxygen atoms in total. The Morgan fingerprint density at radius 1 is 1.03 bits per heavy atom. The number of carbonyl (C=O) groups is 1. The topological polar surface area (TPSA) is 91.0 Å². The zero-order chi connectivity index (χ0) is 23.7. The average Bonchev–Trinajstić information content (AvgIpc) is 2.81. The first kappa shape index (κ1) is 24.8. The average molecular weight is 479 g/mol. The normalized spacial score (nSPS) is 14.7. The van der Waals surface area contributed by atoms with Crippen LogP contribution in [0.2, 0.25) is 0 Å². The van der Waals surface area contributed by atoms with E-state index >= 15 is 0 Å². The standard InChI is InChI=1S/C23H31FN4O4S/c1-2-3-17-32-22-10-6-20(7-11-22)26-23(29)25-12-18-33(30,31)28-15-13-27(14-16-28)21-8-4-19(24)5-9-21/h4-11H,2-3,12-18H2,1H3,(H2,25,26,29). The fraction of sp³-hybridized carbons (Fsp3) is 0.435. The lowest BCUT2D eigenvalue weighted by Crippen LogP contribution is -2.50. The highest BCUT2D eigenvalue weighted by molar-refractivity contribution is 7.89. The smallest absolute Gasteiger partial charge is 0.319 e. The second kappa shape index (κ2) is 11.9. The van der Waals surface area contributed by atoms with Crippen LogP contribution in [-0.4, -0.2) is 63.8 Å². The van der Waals surface area contributed by atoms with Gasteiger partial charge in [0.15, 0.2) is 0 Å². The Bertz CT molecular complexity index is 992. The third-order valence-corrected chi connectivity index (χ3v) is 7.22. The molecule has 0 radical (unpaired) electrons. The maximum Gasteiger partial charge on any atom is 0.319 e. The van der Waals surface area contributed by atoms with Gasteiger partial charge >= 0.3 is 6.03 Å². The molecule has 33 heavy (non-hydrogen) atoms. The number of urea groups is 1. The predicted octanol–water partition coefficient (Wildman–Crippen LogP) is 3.28. The van der Waals surface area contributed by atoms with Crippen molar-refractivity contribution in [2.24, 2.45) is 0 Å². The van der Waals surface area contributed by atoms with Crippen molar-refractivity contribution in [3.63, 3.8) is 0 Å². The van der Waals surface area contributed by atoms with Crippen molar-refractivity contribution in [2.45, 2.75) is 19.8 Å². The van der Waals surface area contributed by atoms with E-state index in [1.807, 2.05) is 4.90 Å². The van der Waals surface area contributed by atoms with Crippen molar-refractivity contribution in [1.29, 1.82) is 0 Å². The molecular weight excluding hydrogens is 447 g/mol. The van der Waals surface area contributed by atoms with E-state index in [-0.39, 0.29) is 18.1 Å². The van der Waals surface area contributed by atoms with Gasteiger partial charge in [0.25, 0.3) is 0 Å². The van der Waals surface area contributed by atoms with Gasteiger partial charge in [-0.3, -0.25) is 0 Å². The molecule has 1 aliphatic heterocycles. The number of unbranched alkanes of at least 4 members (excludes halogenated alkanes) is 1. The summed E-state index contributed by atoms with van der Waals surface area (Å²) in [5.41, 5.74) is 1.46. The zero-order valence-electron chi connectivity index (χ0n) is 18.8. The second-order valence-corrected chi connectivity index (χ2v) is 9.87. The molecule has 1 fully saturated rings. The lowest BCUT2D eigenvalue weighted by Gasteiger charge is -2.35. The van der Waals surface area contributed by atoms with Gasteiger partial charge in [0.1, 0.15) is 11.6 Å². The number of nitrogens with one attached hydrogen (secondary N) is 2. The van der Waals surface area contributed by atoms with Gasteiger partial charge in [0.2, 0.25) is 10.0 Å². The second-order valence-electron chi connectivity index (χ2n) is 7.79. The number of amides is 2. The van der Waals surface area contributed by atoms with Gasteiger partial charge in [-0.05, 0) is 55.0 Å². The molecule has 2 N–H and O–H groups in total. The number of halogens is 1. The van der Waals surface area contributed by atoms with Gasteiger partial charge in [-0.1, -0.05) is 13.3 Å². The van der Waals surface area contributed by atoms with E-state index in [0.717, 1.165) is 24.3 Å². The molecule has 0 saturated carbocycles. The maximum absolute atomic E-state index is 13.1. The number of benzene rings is 2. The summed E-state index contributed by atoms with van der Waals surface area (Å²) in [6.45, 7) is 4.49. The van der Waals surface area contributed by atoms with Gasteiger partial charge in [-0.25, -0.2) is 17.6 Å². The van der Waals surface area contributed by atoms with Crippen LogP contribution in [-0.2, 0) is 10.0 Å². The van der Waals surface area contributed by atoms with Crippen molar-refractivity contribution in [3.05, 3.63) is 54.3 Å². The molecule has 0 aliphatic carbocycles. The minimum absolute atomic E-state index is 0.00452. The molecule has 180 valence electrons. The lowest BCUT2D eigenvalue weighted by atomic mass is 10.2. The van der Waals surface area contributed by atoms with Crippen molar-refractivity contribution >= 4 is 27.4 Å². The molecule has 1 saturated heterocycles. The van der Waals surface area contributed by atoms with E-state index in [1.54, 1.807) is 36.4 Å². The van der Waals surface area contributed by atoms with Gasteiger partial charge in [0, 0.05) is 44.1 Å². The molecule has 10 heteroatoms. The number of ether oxygens (including phenoxy) is 1. The maximum atomic E-state index is 13.1. The van der Waals surface area contributed by atoms with E-state index in [9.17, 15) is 17.6 Å². The molecule has 2 aromatic carbocycles. The molecule has 0 bridgehead atoms. The van der Waals surface area contributed by atoms with E-state index < -0.39 is 16.1 Å². The van der Waals surface area contributed by atoms with E-state index in [4.69, 9.17) is 4.74 Å². The fourth-order valence-electron chi connectivity index (χ4n) is 3.44. The molecule has 2 aromatic rings. The van der Waals surface area contributed by atoms with Crippen LogP contribution >= 0.6 is 0 Å². The monoisotopic (exact) mass is 478 g/mol. The van der Waals surface area contributed by atoms with Crippen LogP contribution in [0.3, 0.4) is 0 Å². The van der Waals surface area contributed by atoms with Crippen LogP contribution in [0.4, 0.5) is 20.6 Å². The Labute approximate surface area is 194 Å². The zero-order valence-corrected chi connectivity index (χ0v) is 19.6. The predicted molar refractivity (Wildman–Crippen MR) is 128 cm³/mol. The van der Waals surface area contributed by atoms with Gasteiger partial charge in [-0.2, -0.15) is 4.31 Å². The molecule has 0 aromatic heterocycles. The van der Waals surface area contributed by atoms with Crippen LogP contribution in [0.1, 0.15) is 19.8 Å². The third kappa shape index (κ3) is 7.61. The highest BCUT2D eigenvalue weighted by Crippen LogP contribution is 2.18. The molecule has 1 heterocycles. The summed E-state index contributed by atoms with van der Waals surface area (Å²) in [5, 5.41) is 5.27. The summed E-state index contributed by atoms with van der Waals surface area (Å²) >= 11 is 0. The number of piperazine rings is 1. The number of nitrogens with zero attached hydrogens (tertiary/aromatic N) is 2. The van der Waals surface area contributed by atoms with Crippen molar-refractivity contribution in [1.82, 2.24) is 9.62 Å². The van der Waals surface area contributed by atoms with Crippen molar-refractivity contribution in [3.8, 4) is 5.75 Å². The SMILES string of the molecule is CCCCOc1ccc(NC(=O)NCCS(=O)(=O)N2CCN(c3ccc(F)cc3)CC2)cc1. The third-order valence-electron chi connectivity index (χ3n) is 5.35. The summed E-state index contributed by atoms with van der Waals surface area (Å²) in [6, 6.07) is 12.7. The fourth-order valence-corrected chi connectivity index (χ4v) is 4.78. The Morgan fingerprint density at radius 2 is 1.70 bits per heavy atom. The van der Waals surface area contributed by atoms with Crippen LogP contribution in [0.25, 0.3) is 0 Å². The minimum Gasteiger partial charge on any atom is -0.494 e. The molecule has 0 atom stereocenters. The number of sulfonamides is 1. The summed E-state index contributed by atoms with van der Waals surface area (Å²) in [7, 11) is -3.49. The van der Waals surface area contributed by atoms with Crippen LogP contribution in [0, 0.1) is 5.82 Å². The molecule has 0 unspecified atom stereocenters. The number of carbonyl (C=O) groups excluding carboxylic acids is 1. The molecule has 3 rings (SSSR count). The van der Waals surface area contributed by atoms with Gasteiger partial charge in [0.05, 0.1) is 12.4 Å². The summed E-state index contributed by atoms with van der Waals surface area (Å²) < 4.78 is 45.4. The van der Waals surface area contributed by atoms with E-state index in [0.29, 0.717) is 38.5 Å². The Balaban J connectivity index is 1.38. The Kier molecular flexibility index (Phi) is 8.90. The van der Waals surface area contributed by atoms with Crippen molar-refractivity contribution in [2.75, 3.05) is 55.3 Å². The molecule has 0 spiro atoms. The number of hydrogen-bond acceptors (Lipinski definition) is 5. The summed E-state index contributed by atoms with van der Waals surface area (Å²) in [4.78, 5) is 14.1. The first-order valence-corrected chi connectivity index (χ1v) is 12.7. The Hall–Kier alpha value is -2.85. The Morgan fingerprint density at radius 3 is 2.33 bits per heavy atom. The number of hydrogen-bond donors (Lipinski definition) is 2. The summed E-state index contributed by atoms with van der Waals surface area (Å²) in [5.74, 6) is 0.256. The quantitative estimate of drug-likeness (QED) is 0.512. The first-order valence-electron chi connectivity index (χ1n) is 11.1. The molecular formula is C23H31FN4O4S. The largest absolute Gasteiger partial charge is 0.494 e. The number of anilines is 2. The molecule has 2 amide bonds. The lowest BCUT2D eigenvalue weighted by molar-refractivity contribution is 0.252. The highest BCUT2D eigenvalue weighted by atomic mass is 32.2.